The Hall–Kier alpha value is -2.85. The highest BCUT2D eigenvalue weighted by atomic mass is 32.2. The van der Waals surface area contributed by atoms with Gasteiger partial charge in [-0.05, 0) is 42.3 Å². The van der Waals surface area contributed by atoms with Gasteiger partial charge in [0.25, 0.3) is 0 Å². The first-order valence-corrected chi connectivity index (χ1v) is 7.41. The molecule has 1 aromatic carbocycles. The van der Waals surface area contributed by atoms with E-state index in [1.807, 2.05) is 24.3 Å². The quantitative estimate of drug-likeness (QED) is 0.699. The van der Waals surface area contributed by atoms with Gasteiger partial charge in [-0.15, -0.1) is 0 Å². The van der Waals surface area contributed by atoms with E-state index in [1.165, 1.54) is 0 Å². The summed E-state index contributed by atoms with van der Waals surface area (Å²) >= 11 is 1.06. The second kappa shape index (κ2) is 6.50. The molecule has 0 aliphatic heterocycles. The average Bonchev–Trinajstić information content (AvgIpc) is 3.03. The van der Waals surface area contributed by atoms with E-state index in [2.05, 4.69) is 14.7 Å². The number of nitriles is 1. The van der Waals surface area contributed by atoms with Crippen LogP contribution < -0.4 is 4.72 Å². The molecule has 0 amide bonds. The Bertz CT molecular complexity index is 848. The number of hydrogen-bond acceptors (Lipinski definition) is 4. The number of hydrogen-bond donors (Lipinski definition) is 2. The van der Waals surface area contributed by atoms with Gasteiger partial charge in [0.15, 0.2) is 11.6 Å². The van der Waals surface area contributed by atoms with Crippen molar-refractivity contribution in [1.82, 2.24) is 9.97 Å². The molecule has 0 unspecified atom stereocenters. The maximum atomic E-state index is 13.8. The molecule has 0 saturated carbocycles. The van der Waals surface area contributed by atoms with E-state index in [4.69, 9.17) is 5.26 Å². The molecule has 23 heavy (non-hydrogen) atoms. The summed E-state index contributed by atoms with van der Waals surface area (Å²) in [6, 6.07) is 11.0. The topological polar surface area (TPSA) is 64.5 Å². The van der Waals surface area contributed by atoms with Crippen molar-refractivity contribution in [2.45, 2.75) is 4.90 Å². The standard InChI is InChI=1S/C16H10F2N4S/c17-12-5-10(8-19)6-13(18)16(12)22-23-11-7-15(21-9-11)14-3-1-2-4-20-14/h1-7,9,21-22H. The van der Waals surface area contributed by atoms with Gasteiger partial charge in [0, 0.05) is 17.3 Å². The summed E-state index contributed by atoms with van der Waals surface area (Å²) in [5.41, 5.74) is 1.23. The van der Waals surface area contributed by atoms with E-state index >= 15 is 0 Å². The normalized spacial score (nSPS) is 10.3. The van der Waals surface area contributed by atoms with Gasteiger partial charge in [-0.2, -0.15) is 5.26 Å². The summed E-state index contributed by atoms with van der Waals surface area (Å²) in [6.07, 6.45) is 3.39. The Balaban J connectivity index is 1.75. The van der Waals surface area contributed by atoms with Gasteiger partial charge in [-0.3, -0.25) is 4.98 Å². The van der Waals surface area contributed by atoms with Gasteiger partial charge in [0.05, 0.1) is 23.0 Å². The van der Waals surface area contributed by atoms with Gasteiger partial charge in [-0.25, -0.2) is 8.78 Å². The molecule has 2 heterocycles. The van der Waals surface area contributed by atoms with Crippen LogP contribution in [0, 0.1) is 23.0 Å². The van der Waals surface area contributed by atoms with E-state index in [9.17, 15) is 8.78 Å². The van der Waals surface area contributed by atoms with Crippen molar-refractivity contribution in [2.75, 3.05) is 4.72 Å². The van der Waals surface area contributed by atoms with Crippen molar-refractivity contribution in [3.8, 4) is 17.5 Å². The highest BCUT2D eigenvalue weighted by Gasteiger charge is 2.12. The number of aromatic amines is 1. The number of halogens is 2. The highest BCUT2D eigenvalue weighted by Crippen LogP contribution is 2.28. The fourth-order valence-corrected chi connectivity index (χ4v) is 2.66. The van der Waals surface area contributed by atoms with Crippen molar-refractivity contribution in [2.24, 2.45) is 0 Å². The molecule has 114 valence electrons. The van der Waals surface area contributed by atoms with Crippen LogP contribution >= 0.6 is 11.9 Å². The maximum absolute atomic E-state index is 13.8. The molecular weight excluding hydrogens is 318 g/mol. The molecule has 0 aliphatic rings. The summed E-state index contributed by atoms with van der Waals surface area (Å²) in [7, 11) is 0. The summed E-state index contributed by atoms with van der Waals surface area (Å²) in [5, 5.41) is 8.68. The first-order chi connectivity index (χ1) is 11.2. The largest absolute Gasteiger partial charge is 0.359 e. The monoisotopic (exact) mass is 328 g/mol. The Labute approximate surface area is 135 Å². The Morgan fingerprint density at radius 2 is 1.96 bits per heavy atom. The molecule has 7 heteroatoms. The van der Waals surface area contributed by atoms with Crippen molar-refractivity contribution < 1.29 is 8.78 Å². The lowest BCUT2D eigenvalue weighted by Gasteiger charge is -2.06. The minimum atomic E-state index is -0.811. The molecule has 0 spiro atoms. The number of aromatic nitrogens is 2. The van der Waals surface area contributed by atoms with Crippen LogP contribution in [-0.4, -0.2) is 9.97 Å². The van der Waals surface area contributed by atoms with Gasteiger partial charge >= 0.3 is 0 Å². The zero-order valence-corrected chi connectivity index (χ0v) is 12.5. The van der Waals surface area contributed by atoms with Crippen molar-refractivity contribution in [3.05, 3.63) is 66.0 Å². The minimum Gasteiger partial charge on any atom is -0.359 e. The van der Waals surface area contributed by atoms with E-state index in [0.717, 1.165) is 40.4 Å². The number of rotatable bonds is 4. The summed E-state index contributed by atoms with van der Waals surface area (Å²) < 4.78 is 30.2. The SMILES string of the molecule is N#Cc1cc(F)c(NSc2c[nH]c(-c3ccccn3)c2)c(F)c1. The van der Waals surface area contributed by atoms with Gasteiger partial charge in [-0.1, -0.05) is 6.07 Å². The number of nitrogens with one attached hydrogen (secondary N) is 2. The molecule has 0 atom stereocenters. The fourth-order valence-electron chi connectivity index (χ4n) is 1.95. The molecule has 0 bridgehead atoms. The molecule has 0 fully saturated rings. The number of H-pyrrole nitrogens is 1. The highest BCUT2D eigenvalue weighted by molar-refractivity contribution is 8.00. The second-order valence-electron chi connectivity index (χ2n) is 4.59. The molecule has 2 N–H and O–H groups in total. The number of nitrogens with zero attached hydrogens (tertiary/aromatic N) is 2. The van der Waals surface area contributed by atoms with Crippen molar-refractivity contribution in [3.63, 3.8) is 0 Å². The maximum Gasteiger partial charge on any atom is 0.151 e. The smallest absolute Gasteiger partial charge is 0.151 e. The molecule has 0 aliphatic carbocycles. The second-order valence-corrected chi connectivity index (χ2v) is 5.47. The number of benzene rings is 1. The van der Waals surface area contributed by atoms with Crippen LogP contribution in [0.4, 0.5) is 14.5 Å². The Morgan fingerprint density at radius 3 is 2.61 bits per heavy atom. The minimum absolute atomic E-state index is 0.0605. The van der Waals surface area contributed by atoms with Crippen molar-refractivity contribution >= 4 is 17.6 Å². The van der Waals surface area contributed by atoms with Crippen LogP contribution in [0.3, 0.4) is 0 Å². The third-order valence-electron chi connectivity index (χ3n) is 3.04. The third kappa shape index (κ3) is 3.33. The van der Waals surface area contributed by atoms with Crippen molar-refractivity contribution in [1.29, 1.82) is 5.26 Å². The first kappa shape index (κ1) is 15.1. The van der Waals surface area contributed by atoms with Gasteiger partial charge in [0.1, 0.15) is 5.69 Å². The molecular formula is C16H10F2N4S. The Morgan fingerprint density at radius 1 is 1.17 bits per heavy atom. The van der Waals surface area contributed by atoms with Gasteiger partial charge in [0.2, 0.25) is 0 Å². The molecule has 0 radical (unpaired) electrons. The summed E-state index contributed by atoms with van der Waals surface area (Å²) in [6.45, 7) is 0. The van der Waals surface area contributed by atoms with Crippen LogP contribution in [0.5, 0.6) is 0 Å². The number of anilines is 1. The third-order valence-corrected chi connectivity index (χ3v) is 3.82. The van der Waals surface area contributed by atoms with E-state index in [0.29, 0.717) is 0 Å². The predicted molar refractivity (Wildman–Crippen MR) is 84.6 cm³/mol. The molecule has 3 rings (SSSR count). The predicted octanol–water partition coefficient (Wildman–Crippen LogP) is 4.35. The zero-order valence-electron chi connectivity index (χ0n) is 11.7. The van der Waals surface area contributed by atoms with Crippen LogP contribution in [0.25, 0.3) is 11.4 Å². The average molecular weight is 328 g/mol. The van der Waals surface area contributed by atoms with Gasteiger partial charge < -0.3 is 9.71 Å². The van der Waals surface area contributed by atoms with E-state index in [-0.39, 0.29) is 11.3 Å². The summed E-state index contributed by atoms with van der Waals surface area (Å²) in [5.74, 6) is -1.62. The van der Waals surface area contributed by atoms with E-state index < -0.39 is 11.6 Å². The lowest BCUT2D eigenvalue weighted by Crippen LogP contribution is -1.96. The zero-order chi connectivity index (χ0) is 16.2. The first-order valence-electron chi connectivity index (χ1n) is 6.59. The lowest BCUT2D eigenvalue weighted by atomic mass is 10.2. The lowest BCUT2D eigenvalue weighted by molar-refractivity contribution is 0.591. The number of pyridine rings is 1. The molecule has 4 nitrogen and oxygen atoms in total. The van der Waals surface area contributed by atoms with E-state index in [1.54, 1.807) is 18.5 Å². The molecule has 0 saturated heterocycles. The Kier molecular flexibility index (Phi) is 4.26. The summed E-state index contributed by atoms with van der Waals surface area (Å²) in [4.78, 5) is 8.01. The van der Waals surface area contributed by atoms with Crippen LogP contribution in [-0.2, 0) is 0 Å². The van der Waals surface area contributed by atoms with Crippen LogP contribution in [0.1, 0.15) is 5.56 Å². The molecule has 3 aromatic rings. The van der Waals surface area contributed by atoms with Crippen LogP contribution in [0.2, 0.25) is 0 Å². The molecule has 2 aromatic heterocycles. The fraction of sp³-hybridized carbons (Fsp3) is 0. The van der Waals surface area contributed by atoms with Crippen LogP contribution in [0.15, 0.2) is 53.7 Å².